The Morgan fingerprint density at radius 2 is 1.82 bits per heavy atom. The van der Waals surface area contributed by atoms with Crippen LogP contribution in [0.15, 0.2) is 54.7 Å². The third kappa shape index (κ3) is 7.49. The fourth-order valence-electron chi connectivity index (χ4n) is 7.08. The summed E-state index contributed by atoms with van der Waals surface area (Å²) in [5.41, 5.74) is 4.26. The number of rotatable bonds is 11. The number of carboxylic acids is 1. The van der Waals surface area contributed by atoms with E-state index in [4.69, 9.17) is 4.74 Å². The number of hydrogen-bond acceptors (Lipinski definition) is 8. The van der Waals surface area contributed by atoms with Crippen molar-refractivity contribution in [3.05, 3.63) is 71.7 Å². The number of amides is 3. The van der Waals surface area contributed by atoms with Crippen LogP contribution in [0.25, 0.3) is 22.0 Å². The van der Waals surface area contributed by atoms with E-state index in [0.717, 1.165) is 66.6 Å². The molecule has 49 heavy (non-hydrogen) atoms. The van der Waals surface area contributed by atoms with Crippen LogP contribution in [0.3, 0.4) is 0 Å². The van der Waals surface area contributed by atoms with Crippen molar-refractivity contribution in [1.29, 1.82) is 0 Å². The number of likely N-dealkylation sites (tertiary alicyclic amines) is 1. The largest absolute Gasteiger partial charge is 0.490 e. The lowest BCUT2D eigenvalue weighted by Gasteiger charge is -2.32. The first kappa shape index (κ1) is 33.8. The molecule has 0 saturated carbocycles. The predicted molar refractivity (Wildman–Crippen MR) is 184 cm³/mol. The molecule has 2 aliphatic heterocycles. The molecule has 0 bridgehead atoms. The van der Waals surface area contributed by atoms with Crippen LogP contribution in [-0.4, -0.2) is 74.2 Å². The zero-order chi connectivity index (χ0) is 34.7. The second-order valence-electron chi connectivity index (χ2n) is 13.1. The van der Waals surface area contributed by atoms with E-state index in [1.165, 1.54) is 6.20 Å². The molecular weight excluding hydrogens is 624 g/mol. The Kier molecular flexibility index (Phi) is 10.0. The van der Waals surface area contributed by atoms with Gasteiger partial charge in [-0.05, 0) is 94.3 Å². The number of aromatic carboxylic acids is 1. The summed E-state index contributed by atoms with van der Waals surface area (Å²) in [6.45, 7) is 5.96. The van der Waals surface area contributed by atoms with Crippen LogP contribution >= 0.6 is 0 Å². The van der Waals surface area contributed by atoms with Gasteiger partial charge in [0.15, 0.2) is 5.69 Å². The Balaban J connectivity index is 0.990. The molecule has 6 rings (SSSR count). The average molecular weight is 667 g/mol. The van der Waals surface area contributed by atoms with Crippen molar-refractivity contribution in [3.8, 4) is 16.9 Å². The first-order chi connectivity index (χ1) is 23.6. The van der Waals surface area contributed by atoms with Gasteiger partial charge in [-0.1, -0.05) is 30.3 Å². The summed E-state index contributed by atoms with van der Waals surface area (Å²) < 4.78 is 8.03. The molecule has 256 valence electrons. The molecule has 2 fully saturated rings. The molecule has 1 unspecified atom stereocenters. The minimum Gasteiger partial charge on any atom is -0.490 e. The Bertz CT molecular complexity index is 1900. The lowest BCUT2D eigenvalue weighted by molar-refractivity contribution is -0.134. The zero-order valence-corrected chi connectivity index (χ0v) is 28.1. The molecule has 4 aromatic rings. The molecule has 2 aromatic carbocycles. The van der Waals surface area contributed by atoms with Crippen LogP contribution in [0.5, 0.6) is 5.75 Å². The van der Waals surface area contributed by atoms with Crippen molar-refractivity contribution in [1.82, 2.24) is 25.0 Å². The number of pyridine rings is 1. The van der Waals surface area contributed by atoms with Crippen LogP contribution in [-0.2, 0) is 21.4 Å². The first-order valence-electron chi connectivity index (χ1n) is 16.9. The van der Waals surface area contributed by atoms with Crippen molar-refractivity contribution in [2.75, 3.05) is 25.0 Å². The van der Waals surface area contributed by atoms with E-state index in [1.54, 1.807) is 23.9 Å². The summed E-state index contributed by atoms with van der Waals surface area (Å²) in [5.74, 6) is -1.00. The molecule has 0 radical (unpaired) electrons. The van der Waals surface area contributed by atoms with Crippen LogP contribution in [0.4, 0.5) is 5.69 Å². The monoisotopic (exact) mass is 666 g/mol. The van der Waals surface area contributed by atoms with Crippen LogP contribution in [0.1, 0.15) is 73.1 Å². The second kappa shape index (κ2) is 14.6. The lowest BCUT2D eigenvalue weighted by Crippen LogP contribution is -2.39. The van der Waals surface area contributed by atoms with E-state index in [2.05, 4.69) is 32.5 Å². The number of benzene rings is 2. The normalized spacial score (nSPS) is 17.9. The average Bonchev–Trinajstić information content (AvgIpc) is 3.42. The number of nitrogens with zero attached hydrogens (tertiary/aromatic N) is 4. The number of ether oxygens (including phenoxy) is 1. The standard InChI is InChI=1S/C37H42N6O6/c1-22(49-30-11-5-7-25(23(30)2)26-9-6-18-38-34(26)37(47)48)12-13-24-16-19-43(20-17-24)21-32(45)39-29-10-4-8-27-33(41-42(3)35(27)29)28-14-15-31(44)40-36(28)46/h4-11,18,22,24,28H,12-17,19-21H2,1-3H3,(H,39,45)(H,47,48)(H,40,44,46)/t22-,28?/m1/s1. The van der Waals surface area contributed by atoms with Crippen molar-refractivity contribution in [3.63, 3.8) is 0 Å². The number of hydrogen-bond donors (Lipinski definition) is 3. The van der Waals surface area contributed by atoms with E-state index in [0.29, 0.717) is 29.3 Å². The number of aryl methyl sites for hydroxylation is 1. The van der Waals surface area contributed by atoms with E-state index in [1.807, 2.05) is 43.3 Å². The number of imide groups is 1. The Morgan fingerprint density at radius 1 is 1.06 bits per heavy atom. The summed E-state index contributed by atoms with van der Waals surface area (Å²) in [6.07, 6.45) is 6.05. The molecule has 2 atom stereocenters. The number of para-hydroxylation sites is 1. The molecule has 2 aliphatic rings. The van der Waals surface area contributed by atoms with Crippen molar-refractivity contribution < 1.29 is 29.0 Å². The molecule has 0 aliphatic carbocycles. The Morgan fingerprint density at radius 3 is 2.57 bits per heavy atom. The van der Waals surface area contributed by atoms with Gasteiger partial charge in [0.2, 0.25) is 17.7 Å². The molecule has 2 saturated heterocycles. The van der Waals surface area contributed by atoms with Gasteiger partial charge in [-0.3, -0.25) is 29.3 Å². The highest BCUT2D eigenvalue weighted by atomic mass is 16.5. The number of anilines is 1. The maximum absolute atomic E-state index is 13.2. The number of piperidine rings is 2. The van der Waals surface area contributed by atoms with Crippen molar-refractivity contribution in [2.45, 2.75) is 64.4 Å². The van der Waals surface area contributed by atoms with Gasteiger partial charge < -0.3 is 15.2 Å². The van der Waals surface area contributed by atoms with Gasteiger partial charge in [-0.2, -0.15) is 5.10 Å². The summed E-state index contributed by atoms with van der Waals surface area (Å²) >= 11 is 0. The van der Waals surface area contributed by atoms with Crippen LogP contribution in [0.2, 0.25) is 0 Å². The van der Waals surface area contributed by atoms with Gasteiger partial charge in [0, 0.05) is 30.6 Å². The highest BCUT2D eigenvalue weighted by Gasteiger charge is 2.32. The van der Waals surface area contributed by atoms with E-state index < -0.39 is 11.9 Å². The molecule has 4 heterocycles. The molecule has 2 aromatic heterocycles. The van der Waals surface area contributed by atoms with Crippen LogP contribution in [0, 0.1) is 12.8 Å². The quantitative estimate of drug-likeness (QED) is 0.186. The third-order valence-corrected chi connectivity index (χ3v) is 9.71. The molecule has 12 nitrogen and oxygen atoms in total. The highest BCUT2D eigenvalue weighted by molar-refractivity contribution is 6.05. The van der Waals surface area contributed by atoms with Crippen molar-refractivity contribution >= 4 is 40.3 Å². The molecule has 0 spiro atoms. The Labute approximate surface area is 284 Å². The van der Waals surface area contributed by atoms with Gasteiger partial charge in [-0.15, -0.1) is 0 Å². The van der Waals surface area contributed by atoms with Gasteiger partial charge in [0.05, 0.1) is 35.5 Å². The highest BCUT2D eigenvalue weighted by Crippen LogP contribution is 2.35. The maximum atomic E-state index is 13.2. The molecule has 12 heteroatoms. The number of carbonyl (C=O) groups is 4. The van der Waals surface area contributed by atoms with E-state index in [9.17, 15) is 24.3 Å². The maximum Gasteiger partial charge on any atom is 0.355 e. The van der Waals surface area contributed by atoms with Gasteiger partial charge >= 0.3 is 5.97 Å². The first-order valence-corrected chi connectivity index (χ1v) is 16.9. The van der Waals surface area contributed by atoms with E-state index >= 15 is 0 Å². The summed E-state index contributed by atoms with van der Waals surface area (Å²) in [4.78, 5) is 55.3. The van der Waals surface area contributed by atoms with Gasteiger partial charge in [-0.25, -0.2) is 9.78 Å². The van der Waals surface area contributed by atoms with Gasteiger partial charge in [0.25, 0.3) is 0 Å². The predicted octanol–water partition coefficient (Wildman–Crippen LogP) is 5.06. The lowest BCUT2D eigenvalue weighted by atomic mass is 9.91. The molecular formula is C37H42N6O6. The number of nitrogens with one attached hydrogen (secondary N) is 2. The van der Waals surface area contributed by atoms with E-state index in [-0.39, 0.29) is 42.5 Å². The fourth-order valence-corrected chi connectivity index (χ4v) is 7.08. The second-order valence-corrected chi connectivity index (χ2v) is 13.1. The number of carboxylic acid groups (broad SMARTS) is 1. The zero-order valence-electron chi connectivity index (χ0n) is 28.1. The fraction of sp³-hybridized carbons (Fsp3) is 0.405. The summed E-state index contributed by atoms with van der Waals surface area (Å²) in [5, 5.41) is 20.5. The minimum atomic E-state index is -1.06. The summed E-state index contributed by atoms with van der Waals surface area (Å²) in [6, 6.07) is 14.8. The smallest absolute Gasteiger partial charge is 0.355 e. The van der Waals surface area contributed by atoms with Gasteiger partial charge in [0.1, 0.15) is 5.75 Å². The van der Waals surface area contributed by atoms with Crippen LogP contribution < -0.4 is 15.4 Å². The number of fused-ring (bicyclic) bond motifs is 1. The summed E-state index contributed by atoms with van der Waals surface area (Å²) in [7, 11) is 1.79. The number of carbonyl (C=O) groups excluding carboxylic acids is 3. The Hall–Kier alpha value is -5.10. The minimum absolute atomic E-state index is 0.0178. The molecule has 3 amide bonds. The van der Waals surface area contributed by atoms with Crippen molar-refractivity contribution in [2.24, 2.45) is 13.0 Å². The molecule has 3 N–H and O–H groups in total. The topological polar surface area (TPSA) is 156 Å². The SMILES string of the molecule is Cc1c(O[C@H](C)CCC2CCN(CC(=O)Nc3cccc4c(C5CCC(=O)NC5=O)nn(C)c34)CC2)cccc1-c1cccnc1C(=O)O. The third-order valence-electron chi connectivity index (χ3n) is 9.71. The number of aromatic nitrogens is 3.